The molecule has 180 valence electrons. The second-order valence-electron chi connectivity index (χ2n) is 8.71. The lowest BCUT2D eigenvalue weighted by Gasteiger charge is -2.27. The van der Waals surface area contributed by atoms with Crippen LogP contribution in [0.4, 0.5) is 0 Å². The summed E-state index contributed by atoms with van der Waals surface area (Å²) < 4.78 is 1.81. The van der Waals surface area contributed by atoms with Crippen LogP contribution in [-0.4, -0.2) is 10.3 Å². The van der Waals surface area contributed by atoms with Crippen molar-refractivity contribution in [1.82, 2.24) is 4.57 Å². The van der Waals surface area contributed by atoms with Crippen molar-refractivity contribution in [3.8, 4) is 0 Å². The van der Waals surface area contributed by atoms with Gasteiger partial charge in [-0.3, -0.25) is 4.79 Å². The summed E-state index contributed by atoms with van der Waals surface area (Å²) in [6.45, 7) is 12.3. The van der Waals surface area contributed by atoms with E-state index in [1.54, 1.807) is 4.57 Å². The van der Waals surface area contributed by atoms with E-state index in [-0.39, 0.29) is 11.5 Å². The van der Waals surface area contributed by atoms with Crippen molar-refractivity contribution in [2.24, 2.45) is 5.16 Å². The zero-order valence-corrected chi connectivity index (χ0v) is 21.5. The minimum atomic E-state index is -0.0989. The fourth-order valence-corrected chi connectivity index (χ4v) is 4.83. The van der Waals surface area contributed by atoms with Crippen molar-refractivity contribution in [3.05, 3.63) is 87.2 Å². The molecule has 0 unspecified atom stereocenters. The smallest absolute Gasteiger partial charge is 0.262 e. The topological polar surface area (TPSA) is 43.6 Å². The molecule has 5 heteroatoms. The number of halogens is 1. The highest BCUT2D eigenvalue weighted by atomic mass is 35.5. The molecule has 34 heavy (non-hydrogen) atoms. The van der Waals surface area contributed by atoms with E-state index in [9.17, 15) is 4.79 Å². The standard InChI is InChI=1S/C27H29ClN2O2.C2H6/c1-18(2)29-32-19(3)25-26(21-12-8-5-9-13-21)23-16-22(28)14-15-24(23)30(27(25)31)17-20-10-6-4-7-11-20;1-2/h4,6-7,10-11,14-16,21H,3,5,8-9,12-13,17H2,1-2H3;1-2H3. The number of fused-ring (bicyclic) bond motifs is 1. The summed E-state index contributed by atoms with van der Waals surface area (Å²) in [6.07, 6.45) is 5.62. The first-order chi connectivity index (χ1) is 16.5. The number of hydrogen-bond acceptors (Lipinski definition) is 3. The van der Waals surface area contributed by atoms with Gasteiger partial charge in [0.2, 0.25) is 0 Å². The number of rotatable bonds is 6. The molecule has 0 N–H and O–H groups in total. The first kappa shape index (κ1) is 25.8. The predicted molar refractivity (Wildman–Crippen MR) is 145 cm³/mol. The molecule has 4 rings (SSSR count). The molecule has 2 aromatic carbocycles. The molecule has 0 atom stereocenters. The van der Waals surface area contributed by atoms with E-state index >= 15 is 0 Å². The van der Waals surface area contributed by atoms with E-state index in [1.807, 2.05) is 76.2 Å². The molecule has 0 bridgehead atoms. The average molecular weight is 479 g/mol. The van der Waals surface area contributed by atoms with Crippen LogP contribution in [0, 0.1) is 0 Å². The zero-order valence-electron chi connectivity index (χ0n) is 20.7. The van der Waals surface area contributed by atoms with Crippen LogP contribution in [0.1, 0.15) is 82.4 Å². The van der Waals surface area contributed by atoms with Crippen LogP contribution >= 0.6 is 11.6 Å². The number of nitrogens with zero attached hydrogens (tertiary/aromatic N) is 2. The van der Waals surface area contributed by atoms with Gasteiger partial charge in [0.1, 0.15) is 0 Å². The largest absolute Gasteiger partial charge is 0.357 e. The van der Waals surface area contributed by atoms with E-state index in [0.29, 0.717) is 22.9 Å². The minimum Gasteiger partial charge on any atom is -0.357 e. The number of pyridine rings is 1. The number of benzene rings is 2. The van der Waals surface area contributed by atoms with Gasteiger partial charge in [0, 0.05) is 10.4 Å². The molecular formula is C29H35ClN2O2. The Morgan fingerprint density at radius 3 is 2.41 bits per heavy atom. The Balaban J connectivity index is 0.00000158. The summed E-state index contributed by atoms with van der Waals surface area (Å²) in [5.41, 5.74) is 4.13. The van der Waals surface area contributed by atoms with Crippen LogP contribution in [0.25, 0.3) is 16.7 Å². The fraction of sp³-hybridized carbons (Fsp3) is 0.379. The second-order valence-corrected chi connectivity index (χ2v) is 9.15. The van der Waals surface area contributed by atoms with Gasteiger partial charge in [0.15, 0.2) is 5.76 Å². The SMILES string of the molecule is C=C(ON=C(C)C)c1c(C2CCCCC2)c2cc(Cl)ccc2n(Cc2ccccc2)c1=O.CC. The molecule has 0 amide bonds. The maximum Gasteiger partial charge on any atom is 0.262 e. The van der Waals surface area contributed by atoms with Crippen molar-refractivity contribution >= 4 is 34.0 Å². The normalized spacial score (nSPS) is 13.7. The van der Waals surface area contributed by atoms with E-state index in [2.05, 4.69) is 11.7 Å². The van der Waals surface area contributed by atoms with Crippen LogP contribution in [-0.2, 0) is 11.4 Å². The maximum atomic E-state index is 14.0. The molecule has 1 saturated carbocycles. The Bertz CT molecular complexity index is 1220. The summed E-state index contributed by atoms with van der Waals surface area (Å²) in [6, 6.07) is 15.8. The van der Waals surface area contributed by atoms with Crippen LogP contribution in [0.5, 0.6) is 0 Å². The molecule has 1 aromatic heterocycles. The van der Waals surface area contributed by atoms with Gasteiger partial charge in [-0.25, -0.2) is 0 Å². The molecule has 1 heterocycles. The summed E-state index contributed by atoms with van der Waals surface area (Å²) in [7, 11) is 0. The molecule has 1 aliphatic carbocycles. The lowest BCUT2D eigenvalue weighted by Crippen LogP contribution is -2.28. The highest BCUT2D eigenvalue weighted by Crippen LogP contribution is 2.40. The lowest BCUT2D eigenvalue weighted by molar-refractivity contribution is 0.296. The maximum absolute atomic E-state index is 14.0. The third-order valence-electron chi connectivity index (χ3n) is 6.08. The number of hydrogen-bond donors (Lipinski definition) is 0. The van der Waals surface area contributed by atoms with Crippen molar-refractivity contribution < 1.29 is 4.84 Å². The predicted octanol–water partition coefficient (Wildman–Crippen LogP) is 8.16. The van der Waals surface area contributed by atoms with Crippen LogP contribution in [0.3, 0.4) is 0 Å². The fourth-order valence-electron chi connectivity index (χ4n) is 4.65. The molecule has 0 radical (unpaired) electrons. The Morgan fingerprint density at radius 2 is 1.76 bits per heavy atom. The first-order valence-corrected chi connectivity index (χ1v) is 12.6. The van der Waals surface area contributed by atoms with Gasteiger partial charge in [-0.2, -0.15) is 0 Å². The Morgan fingerprint density at radius 1 is 1.09 bits per heavy atom. The van der Waals surface area contributed by atoms with Crippen molar-refractivity contribution in [3.63, 3.8) is 0 Å². The minimum absolute atomic E-state index is 0.0989. The van der Waals surface area contributed by atoms with Crippen molar-refractivity contribution in [1.29, 1.82) is 0 Å². The highest BCUT2D eigenvalue weighted by molar-refractivity contribution is 6.31. The molecule has 0 saturated heterocycles. The van der Waals surface area contributed by atoms with E-state index in [4.69, 9.17) is 16.4 Å². The van der Waals surface area contributed by atoms with Gasteiger partial charge in [-0.05, 0) is 61.9 Å². The zero-order chi connectivity index (χ0) is 24.7. The Kier molecular flexibility index (Phi) is 9.12. The molecule has 1 aliphatic rings. The summed E-state index contributed by atoms with van der Waals surface area (Å²) in [4.78, 5) is 19.6. The van der Waals surface area contributed by atoms with Crippen molar-refractivity contribution in [2.75, 3.05) is 0 Å². The van der Waals surface area contributed by atoms with Gasteiger partial charge < -0.3 is 9.40 Å². The Labute approximate surface area is 207 Å². The van der Waals surface area contributed by atoms with Gasteiger partial charge in [0.05, 0.1) is 23.3 Å². The van der Waals surface area contributed by atoms with Gasteiger partial charge >= 0.3 is 0 Å². The quantitative estimate of drug-likeness (QED) is 0.204. The van der Waals surface area contributed by atoms with E-state index in [1.165, 1.54) is 6.42 Å². The average Bonchev–Trinajstić information content (AvgIpc) is 2.86. The summed E-state index contributed by atoms with van der Waals surface area (Å²) in [5, 5.41) is 5.73. The van der Waals surface area contributed by atoms with Gasteiger partial charge in [-0.15, -0.1) is 0 Å². The first-order valence-electron chi connectivity index (χ1n) is 12.2. The third kappa shape index (κ3) is 5.79. The van der Waals surface area contributed by atoms with Gasteiger partial charge in [-0.1, -0.05) is 86.8 Å². The lowest BCUT2D eigenvalue weighted by atomic mass is 9.80. The highest BCUT2D eigenvalue weighted by Gasteiger charge is 2.27. The van der Waals surface area contributed by atoms with E-state index in [0.717, 1.165) is 53.4 Å². The molecule has 4 nitrogen and oxygen atoms in total. The van der Waals surface area contributed by atoms with Gasteiger partial charge in [0.25, 0.3) is 5.56 Å². The summed E-state index contributed by atoms with van der Waals surface area (Å²) in [5.74, 6) is 0.561. The monoisotopic (exact) mass is 478 g/mol. The van der Waals surface area contributed by atoms with E-state index < -0.39 is 0 Å². The number of oxime groups is 1. The molecule has 1 fully saturated rings. The molecular weight excluding hydrogens is 444 g/mol. The molecule has 0 aliphatic heterocycles. The second kappa shape index (κ2) is 12.0. The van der Waals surface area contributed by atoms with Crippen LogP contribution in [0.15, 0.2) is 65.1 Å². The van der Waals surface area contributed by atoms with Crippen LogP contribution in [0.2, 0.25) is 5.02 Å². The molecule has 0 spiro atoms. The number of aromatic nitrogens is 1. The summed E-state index contributed by atoms with van der Waals surface area (Å²) >= 11 is 6.45. The molecule has 3 aromatic rings. The Hall–Kier alpha value is -2.85. The van der Waals surface area contributed by atoms with Crippen molar-refractivity contribution in [2.45, 2.75) is 72.3 Å². The third-order valence-corrected chi connectivity index (χ3v) is 6.32. The van der Waals surface area contributed by atoms with Crippen LogP contribution < -0.4 is 5.56 Å².